The summed E-state index contributed by atoms with van der Waals surface area (Å²) in [6.07, 6.45) is 0.220. The van der Waals surface area contributed by atoms with Crippen molar-refractivity contribution in [3.8, 4) is 5.75 Å². The third-order valence-electron chi connectivity index (χ3n) is 3.95. The van der Waals surface area contributed by atoms with Gasteiger partial charge >= 0.3 is 0 Å². The first-order valence-corrected chi connectivity index (χ1v) is 8.45. The second-order valence-corrected chi connectivity index (χ2v) is 6.19. The van der Waals surface area contributed by atoms with E-state index in [-0.39, 0.29) is 18.6 Å². The average Bonchev–Trinajstić information content (AvgIpc) is 2.62. The molecule has 2 aromatic rings. The zero-order valence-corrected chi connectivity index (χ0v) is 14.8. The highest BCUT2D eigenvalue weighted by Gasteiger charge is 2.23. The van der Waals surface area contributed by atoms with Gasteiger partial charge < -0.3 is 25.6 Å². The molecule has 2 aromatic carbocycles. The summed E-state index contributed by atoms with van der Waals surface area (Å²) in [4.78, 5) is 35.5. The Labute approximate surface area is 157 Å². The molecule has 3 N–H and O–H groups in total. The van der Waals surface area contributed by atoms with Gasteiger partial charge in [0.2, 0.25) is 11.8 Å². The van der Waals surface area contributed by atoms with E-state index in [1.165, 1.54) is 19.1 Å². The third-order valence-corrected chi connectivity index (χ3v) is 3.95. The topological polar surface area (TPSA) is 119 Å². The number of hydrogen-bond acceptors (Lipinski definition) is 5. The fraction of sp³-hybridized carbons (Fsp3) is 0.250. The number of aromatic hydroxyl groups is 1. The van der Waals surface area contributed by atoms with Crippen molar-refractivity contribution in [2.24, 2.45) is 0 Å². The summed E-state index contributed by atoms with van der Waals surface area (Å²) in [5.74, 6) is -2.36. The van der Waals surface area contributed by atoms with Crippen molar-refractivity contribution in [2.45, 2.75) is 31.8 Å². The van der Waals surface area contributed by atoms with Gasteiger partial charge in [0.05, 0.1) is 12.0 Å². The van der Waals surface area contributed by atoms with Gasteiger partial charge in [-0.15, -0.1) is 0 Å². The number of amides is 2. The number of benzene rings is 2. The first-order valence-electron chi connectivity index (χ1n) is 8.45. The highest BCUT2D eigenvalue weighted by atomic mass is 16.4. The van der Waals surface area contributed by atoms with Crippen LogP contribution in [0.15, 0.2) is 54.6 Å². The van der Waals surface area contributed by atoms with E-state index in [0.29, 0.717) is 5.56 Å². The molecule has 0 aliphatic heterocycles. The summed E-state index contributed by atoms with van der Waals surface area (Å²) in [5, 5.41) is 25.7. The van der Waals surface area contributed by atoms with E-state index in [0.717, 1.165) is 5.56 Å². The molecule has 27 heavy (non-hydrogen) atoms. The van der Waals surface area contributed by atoms with E-state index in [9.17, 15) is 24.6 Å². The number of aliphatic carboxylic acids is 1. The van der Waals surface area contributed by atoms with Crippen LogP contribution in [-0.4, -0.2) is 35.0 Å². The van der Waals surface area contributed by atoms with Gasteiger partial charge in [-0.3, -0.25) is 9.59 Å². The van der Waals surface area contributed by atoms with Crippen LogP contribution in [0.1, 0.15) is 18.1 Å². The molecule has 142 valence electrons. The Balaban J connectivity index is 2.10. The number of rotatable bonds is 8. The molecule has 0 unspecified atom stereocenters. The predicted molar refractivity (Wildman–Crippen MR) is 96.5 cm³/mol. The lowest BCUT2D eigenvalue weighted by Crippen LogP contribution is -2.55. The number of phenolic OH excluding ortho intramolecular Hbond substituents is 1. The van der Waals surface area contributed by atoms with Gasteiger partial charge in [0.25, 0.3) is 0 Å². The Morgan fingerprint density at radius 2 is 1.44 bits per heavy atom. The number of phenols is 1. The summed E-state index contributed by atoms with van der Waals surface area (Å²) < 4.78 is 0. The SMILES string of the molecule is CC(=O)N[C@@H](Cc1ccc(O)cc1)C(=O)N[C@@H](Cc1ccccc1)C(=O)[O-]. The molecule has 0 spiro atoms. The maximum absolute atomic E-state index is 12.6. The molecule has 0 bridgehead atoms. The summed E-state index contributed by atoms with van der Waals surface area (Å²) in [5.41, 5.74) is 1.44. The number of carbonyl (C=O) groups excluding carboxylic acids is 3. The molecular weight excluding hydrogens is 348 g/mol. The lowest BCUT2D eigenvalue weighted by atomic mass is 10.0. The van der Waals surface area contributed by atoms with E-state index < -0.39 is 29.9 Å². The van der Waals surface area contributed by atoms with Crippen LogP contribution in [-0.2, 0) is 27.2 Å². The van der Waals surface area contributed by atoms with Crippen molar-refractivity contribution < 1.29 is 24.6 Å². The van der Waals surface area contributed by atoms with Crippen molar-refractivity contribution in [3.05, 3.63) is 65.7 Å². The second kappa shape index (κ2) is 9.38. The van der Waals surface area contributed by atoms with Gasteiger partial charge in [-0.25, -0.2) is 0 Å². The third kappa shape index (κ3) is 6.47. The van der Waals surface area contributed by atoms with Gasteiger partial charge in [-0.1, -0.05) is 42.5 Å². The van der Waals surface area contributed by atoms with E-state index in [1.807, 2.05) is 0 Å². The van der Waals surface area contributed by atoms with Gasteiger partial charge in [0, 0.05) is 13.3 Å². The molecule has 0 heterocycles. The van der Waals surface area contributed by atoms with E-state index in [4.69, 9.17) is 0 Å². The largest absolute Gasteiger partial charge is 0.548 e. The molecule has 0 saturated heterocycles. The summed E-state index contributed by atoms with van der Waals surface area (Å²) in [7, 11) is 0. The number of carboxylic acids is 1. The quantitative estimate of drug-likeness (QED) is 0.601. The Morgan fingerprint density at radius 3 is 2.00 bits per heavy atom. The first kappa shape index (κ1) is 20.0. The van der Waals surface area contributed by atoms with Crippen molar-refractivity contribution in [3.63, 3.8) is 0 Å². The Morgan fingerprint density at radius 1 is 0.889 bits per heavy atom. The van der Waals surface area contributed by atoms with Crippen LogP contribution >= 0.6 is 0 Å². The Kier molecular flexibility index (Phi) is 6.93. The number of nitrogens with one attached hydrogen (secondary N) is 2. The van der Waals surface area contributed by atoms with Crippen molar-refractivity contribution in [1.29, 1.82) is 0 Å². The van der Waals surface area contributed by atoms with Gasteiger partial charge in [0.15, 0.2) is 0 Å². The maximum Gasteiger partial charge on any atom is 0.243 e. The van der Waals surface area contributed by atoms with Crippen molar-refractivity contribution >= 4 is 17.8 Å². The molecule has 7 heteroatoms. The average molecular weight is 369 g/mol. The Bertz CT molecular complexity index is 790. The minimum Gasteiger partial charge on any atom is -0.548 e. The second-order valence-electron chi connectivity index (χ2n) is 6.19. The maximum atomic E-state index is 12.6. The van der Waals surface area contributed by atoms with Crippen LogP contribution < -0.4 is 15.7 Å². The zero-order valence-electron chi connectivity index (χ0n) is 14.8. The van der Waals surface area contributed by atoms with E-state index in [2.05, 4.69) is 10.6 Å². The van der Waals surface area contributed by atoms with E-state index >= 15 is 0 Å². The highest BCUT2D eigenvalue weighted by Crippen LogP contribution is 2.12. The molecule has 0 aliphatic carbocycles. The van der Waals surface area contributed by atoms with Crippen LogP contribution in [0.5, 0.6) is 5.75 Å². The lowest BCUT2D eigenvalue weighted by Gasteiger charge is -2.24. The fourth-order valence-corrected chi connectivity index (χ4v) is 2.64. The molecule has 0 aliphatic rings. The molecule has 2 amide bonds. The van der Waals surface area contributed by atoms with Crippen molar-refractivity contribution in [1.82, 2.24) is 10.6 Å². The molecule has 0 aromatic heterocycles. The van der Waals surface area contributed by atoms with Crippen LogP contribution in [0, 0.1) is 0 Å². The van der Waals surface area contributed by atoms with Crippen LogP contribution in [0.3, 0.4) is 0 Å². The molecule has 0 saturated carbocycles. The number of hydrogen-bond donors (Lipinski definition) is 3. The molecule has 7 nitrogen and oxygen atoms in total. The summed E-state index contributed by atoms with van der Waals surface area (Å²) in [6, 6.07) is 12.9. The van der Waals surface area contributed by atoms with Gasteiger partial charge in [-0.2, -0.15) is 0 Å². The zero-order chi connectivity index (χ0) is 19.8. The predicted octanol–water partition coefficient (Wildman–Crippen LogP) is -0.0832. The van der Waals surface area contributed by atoms with Gasteiger partial charge in [0.1, 0.15) is 11.8 Å². The minimum absolute atomic E-state index is 0.0704. The smallest absolute Gasteiger partial charge is 0.243 e. The minimum atomic E-state index is -1.40. The van der Waals surface area contributed by atoms with Crippen LogP contribution in [0.4, 0.5) is 0 Å². The fourth-order valence-electron chi connectivity index (χ4n) is 2.64. The van der Waals surface area contributed by atoms with E-state index in [1.54, 1.807) is 42.5 Å². The standard InChI is InChI=1S/C20H22N2O5/c1-13(23)21-17(11-15-7-9-16(24)10-8-15)19(25)22-18(20(26)27)12-14-5-3-2-4-6-14/h2-10,17-18,24H,11-12H2,1H3,(H,21,23)(H,22,25)(H,26,27)/p-1/t17-,18-/m0/s1. The molecule has 0 fully saturated rings. The number of carbonyl (C=O) groups is 3. The summed E-state index contributed by atoms with van der Waals surface area (Å²) in [6.45, 7) is 1.28. The van der Waals surface area contributed by atoms with Crippen LogP contribution in [0.25, 0.3) is 0 Å². The lowest BCUT2D eigenvalue weighted by molar-refractivity contribution is -0.308. The molecule has 2 atom stereocenters. The summed E-state index contributed by atoms with van der Waals surface area (Å²) >= 11 is 0. The molecule has 2 rings (SSSR count). The van der Waals surface area contributed by atoms with Gasteiger partial charge in [-0.05, 0) is 29.7 Å². The van der Waals surface area contributed by atoms with Crippen LogP contribution in [0.2, 0.25) is 0 Å². The number of carboxylic acid groups (broad SMARTS) is 1. The normalized spacial score (nSPS) is 12.6. The molecular formula is C20H21N2O5-. The first-order chi connectivity index (χ1) is 12.8. The highest BCUT2D eigenvalue weighted by molar-refractivity contribution is 5.90. The molecule has 0 radical (unpaired) electrons. The Hall–Kier alpha value is -3.35. The monoisotopic (exact) mass is 369 g/mol. The van der Waals surface area contributed by atoms with Crippen molar-refractivity contribution in [2.75, 3.05) is 0 Å².